The molecule has 1 saturated carbocycles. The molecule has 3 rings (SSSR count). The van der Waals surface area contributed by atoms with Crippen LogP contribution in [0.25, 0.3) is 11.0 Å². The van der Waals surface area contributed by atoms with Crippen LogP contribution < -0.4 is 0 Å². The number of hydrogen-bond acceptors (Lipinski definition) is 2. The Labute approximate surface area is 112 Å². The number of aromatic amines is 1. The van der Waals surface area contributed by atoms with Crippen LogP contribution in [0.3, 0.4) is 0 Å². The Kier molecular flexibility index (Phi) is 3.23. The van der Waals surface area contributed by atoms with Gasteiger partial charge in [-0.3, -0.25) is 4.79 Å². The largest absolute Gasteiger partial charge is 0.340 e. The smallest absolute Gasteiger partial charge is 0.225 e. The summed E-state index contributed by atoms with van der Waals surface area (Å²) in [6, 6.07) is 7.94. The number of carbonyl (C=O) groups is 1. The Hall–Kier alpha value is -1.84. The molecule has 0 radical (unpaired) electrons. The van der Waals surface area contributed by atoms with E-state index in [2.05, 4.69) is 9.97 Å². The van der Waals surface area contributed by atoms with Crippen molar-refractivity contribution in [2.45, 2.75) is 32.2 Å². The summed E-state index contributed by atoms with van der Waals surface area (Å²) in [6.45, 7) is 0.560. The topological polar surface area (TPSA) is 49.0 Å². The zero-order valence-corrected chi connectivity index (χ0v) is 11.2. The van der Waals surface area contributed by atoms with Gasteiger partial charge in [-0.05, 0) is 25.0 Å². The van der Waals surface area contributed by atoms with E-state index in [0.717, 1.165) is 29.7 Å². The van der Waals surface area contributed by atoms with Gasteiger partial charge in [-0.1, -0.05) is 25.0 Å². The Bertz CT molecular complexity index is 551. The molecule has 1 fully saturated rings. The highest BCUT2D eigenvalue weighted by atomic mass is 16.2. The van der Waals surface area contributed by atoms with Gasteiger partial charge in [0, 0.05) is 13.0 Å². The van der Waals surface area contributed by atoms with Gasteiger partial charge in [-0.2, -0.15) is 0 Å². The number of para-hydroxylation sites is 2. The van der Waals surface area contributed by atoms with Crippen LogP contribution in [0.4, 0.5) is 0 Å². The van der Waals surface area contributed by atoms with E-state index in [0.29, 0.717) is 6.54 Å². The van der Waals surface area contributed by atoms with Crippen LogP contribution in [-0.2, 0) is 11.3 Å². The molecular formula is C15H19N3O. The first kappa shape index (κ1) is 12.2. The molecule has 4 nitrogen and oxygen atoms in total. The van der Waals surface area contributed by atoms with Crippen molar-refractivity contribution in [3.8, 4) is 0 Å². The van der Waals surface area contributed by atoms with Gasteiger partial charge >= 0.3 is 0 Å². The second-order valence-corrected chi connectivity index (χ2v) is 5.38. The normalized spacial score (nSPS) is 16.1. The maximum Gasteiger partial charge on any atom is 0.225 e. The third-order valence-corrected chi connectivity index (χ3v) is 3.91. The van der Waals surface area contributed by atoms with E-state index in [4.69, 9.17) is 0 Å². The lowest BCUT2D eigenvalue weighted by molar-refractivity contribution is -0.134. The maximum absolute atomic E-state index is 12.2. The average Bonchev–Trinajstić information content (AvgIpc) is 3.06. The fourth-order valence-electron chi connectivity index (χ4n) is 2.87. The van der Waals surface area contributed by atoms with Gasteiger partial charge in [0.1, 0.15) is 5.82 Å². The molecule has 0 atom stereocenters. The quantitative estimate of drug-likeness (QED) is 0.919. The van der Waals surface area contributed by atoms with E-state index in [1.54, 1.807) is 4.90 Å². The molecule has 1 N–H and O–H groups in total. The number of amides is 1. The van der Waals surface area contributed by atoms with Crippen molar-refractivity contribution < 1.29 is 4.79 Å². The number of carbonyl (C=O) groups excluding carboxylic acids is 1. The first-order valence-corrected chi connectivity index (χ1v) is 6.92. The first-order valence-electron chi connectivity index (χ1n) is 6.92. The number of imidazole rings is 1. The average molecular weight is 257 g/mol. The van der Waals surface area contributed by atoms with Crippen molar-refractivity contribution >= 4 is 16.9 Å². The van der Waals surface area contributed by atoms with E-state index < -0.39 is 0 Å². The van der Waals surface area contributed by atoms with Crippen molar-refractivity contribution in [1.29, 1.82) is 0 Å². The third kappa shape index (κ3) is 2.48. The molecule has 2 aromatic rings. The Morgan fingerprint density at radius 1 is 1.37 bits per heavy atom. The highest BCUT2D eigenvalue weighted by molar-refractivity contribution is 5.79. The van der Waals surface area contributed by atoms with Gasteiger partial charge in [-0.25, -0.2) is 4.98 Å². The highest BCUT2D eigenvalue weighted by Gasteiger charge is 2.25. The minimum atomic E-state index is 0.231. The summed E-state index contributed by atoms with van der Waals surface area (Å²) in [6.07, 6.45) is 4.47. The molecule has 0 unspecified atom stereocenters. The van der Waals surface area contributed by atoms with E-state index >= 15 is 0 Å². The number of fused-ring (bicyclic) bond motifs is 1. The van der Waals surface area contributed by atoms with Crippen molar-refractivity contribution in [3.63, 3.8) is 0 Å². The summed E-state index contributed by atoms with van der Waals surface area (Å²) in [5, 5.41) is 0. The van der Waals surface area contributed by atoms with E-state index in [9.17, 15) is 4.79 Å². The van der Waals surface area contributed by atoms with Crippen LogP contribution in [0.2, 0.25) is 0 Å². The minimum absolute atomic E-state index is 0.231. The number of H-pyrrole nitrogens is 1. The van der Waals surface area contributed by atoms with E-state index in [1.165, 1.54) is 12.8 Å². The predicted molar refractivity (Wildman–Crippen MR) is 74.5 cm³/mol. The molecule has 0 saturated heterocycles. The lowest BCUT2D eigenvalue weighted by Gasteiger charge is -2.19. The number of aromatic nitrogens is 2. The summed E-state index contributed by atoms with van der Waals surface area (Å²) in [7, 11) is 1.87. The molecule has 1 aliphatic rings. The molecule has 0 aliphatic heterocycles. The van der Waals surface area contributed by atoms with Crippen LogP contribution in [0.15, 0.2) is 24.3 Å². The molecule has 1 aromatic heterocycles. The fraction of sp³-hybridized carbons (Fsp3) is 0.467. The Balaban J connectivity index is 1.71. The second-order valence-electron chi connectivity index (χ2n) is 5.38. The summed E-state index contributed by atoms with van der Waals surface area (Å²) in [5.74, 6) is 1.35. The van der Waals surface area contributed by atoms with Crippen LogP contribution in [0.1, 0.15) is 31.5 Å². The predicted octanol–water partition coefficient (Wildman–Crippen LogP) is 2.71. The monoisotopic (exact) mass is 257 g/mol. The molecule has 4 heteroatoms. The van der Waals surface area contributed by atoms with E-state index in [1.807, 2.05) is 31.3 Å². The first-order chi connectivity index (χ1) is 9.24. The van der Waals surface area contributed by atoms with Crippen molar-refractivity contribution in [1.82, 2.24) is 14.9 Å². The highest BCUT2D eigenvalue weighted by Crippen LogP contribution is 2.26. The standard InChI is InChI=1S/C15H19N3O/c1-18(15(19)11-6-2-3-7-11)10-14-16-12-8-4-5-9-13(12)17-14/h4-5,8-9,11H,2-3,6-7,10H2,1H3,(H,16,17). The zero-order valence-electron chi connectivity index (χ0n) is 11.2. The number of nitrogens with one attached hydrogen (secondary N) is 1. The van der Waals surface area contributed by atoms with Gasteiger partial charge < -0.3 is 9.88 Å². The van der Waals surface area contributed by atoms with Gasteiger partial charge in [0.25, 0.3) is 0 Å². The number of hydrogen-bond donors (Lipinski definition) is 1. The molecule has 0 bridgehead atoms. The number of nitrogens with zero attached hydrogens (tertiary/aromatic N) is 2. The number of benzene rings is 1. The molecule has 1 aromatic carbocycles. The number of rotatable bonds is 3. The lowest BCUT2D eigenvalue weighted by atomic mass is 10.1. The Morgan fingerprint density at radius 2 is 2.11 bits per heavy atom. The van der Waals surface area contributed by atoms with Crippen molar-refractivity contribution in [2.24, 2.45) is 5.92 Å². The van der Waals surface area contributed by atoms with Crippen molar-refractivity contribution in [2.75, 3.05) is 7.05 Å². The summed E-state index contributed by atoms with van der Waals surface area (Å²) in [5.41, 5.74) is 1.98. The SMILES string of the molecule is CN(Cc1nc2ccccc2[nH]1)C(=O)C1CCCC1. The molecule has 1 heterocycles. The zero-order chi connectivity index (χ0) is 13.2. The molecule has 19 heavy (non-hydrogen) atoms. The molecule has 1 aliphatic carbocycles. The van der Waals surface area contributed by atoms with Crippen LogP contribution in [0, 0.1) is 5.92 Å². The van der Waals surface area contributed by atoms with Gasteiger partial charge in [0.15, 0.2) is 0 Å². The maximum atomic E-state index is 12.2. The van der Waals surface area contributed by atoms with Crippen LogP contribution >= 0.6 is 0 Å². The summed E-state index contributed by atoms with van der Waals surface area (Å²) < 4.78 is 0. The minimum Gasteiger partial charge on any atom is -0.340 e. The molecule has 1 amide bonds. The lowest BCUT2D eigenvalue weighted by Crippen LogP contribution is -2.31. The molecule has 0 spiro atoms. The van der Waals surface area contributed by atoms with Crippen molar-refractivity contribution in [3.05, 3.63) is 30.1 Å². The van der Waals surface area contributed by atoms with Gasteiger partial charge in [0.05, 0.1) is 17.6 Å². The third-order valence-electron chi connectivity index (χ3n) is 3.91. The van der Waals surface area contributed by atoms with Crippen LogP contribution in [-0.4, -0.2) is 27.8 Å². The van der Waals surface area contributed by atoms with Gasteiger partial charge in [-0.15, -0.1) is 0 Å². The molecular weight excluding hydrogens is 238 g/mol. The summed E-state index contributed by atoms with van der Waals surface area (Å²) in [4.78, 5) is 21.8. The Morgan fingerprint density at radius 3 is 2.84 bits per heavy atom. The second kappa shape index (κ2) is 5.03. The van der Waals surface area contributed by atoms with E-state index in [-0.39, 0.29) is 11.8 Å². The van der Waals surface area contributed by atoms with Crippen LogP contribution in [0.5, 0.6) is 0 Å². The fourth-order valence-corrected chi connectivity index (χ4v) is 2.87. The van der Waals surface area contributed by atoms with Gasteiger partial charge in [0.2, 0.25) is 5.91 Å². The molecule has 100 valence electrons. The summed E-state index contributed by atoms with van der Waals surface area (Å²) >= 11 is 0.